The number of ether oxygens (including phenoxy) is 1. The van der Waals surface area contributed by atoms with Crippen molar-refractivity contribution in [3.05, 3.63) is 28.8 Å². The van der Waals surface area contributed by atoms with Crippen molar-refractivity contribution in [3.63, 3.8) is 0 Å². The van der Waals surface area contributed by atoms with Crippen molar-refractivity contribution in [2.45, 2.75) is 12.8 Å². The van der Waals surface area contributed by atoms with E-state index < -0.39 is 0 Å². The van der Waals surface area contributed by atoms with Gasteiger partial charge in [0, 0.05) is 6.42 Å². The minimum atomic E-state index is 0.551. The number of benzene rings is 1. The Hall–Kier alpha value is -1.55. The van der Waals surface area contributed by atoms with Gasteiger partial charge in [0.05, 0.1) is 23.4 Å². The molecule has 84 valence electrons. The van der Waals surface area contributed by atoms with E-state index in [0.717, 1.165) is 17.7 Å². The van der Waals surface area contributed by atoms with Gasteiger partial charge in [-0.15, -0.1) is 5.10 Å². The quantitative estimate of drug-likeness (QED) is 0.857. The summed E-state index contributed by atoms with van der Waals surface area (Å²) in [4.78, 5) is 0. The Morgan fingerprint density at radius 1 is 1.31 bits per heavy atom. The smallest absolute Gasteiger partial charge is 0.129 e. The molecule has 0 aliphatic carbocycles. The number of nitrogens with two attached hydrogens (primary N) is 1. The van der Waals surface area contributed by atoms with Crippen molar-refractivity contribution in [1.29, 1.82) is 0 Å². The Bertz CT molecular complexity index is 468. The summed E-state index contributed by atoms with van der Waals surface area (Å²) in [5, 5.41) is 8.56. The second-order valence-electron chi connectivity index (χ2n) is 3.46. The van der Waals surface area contributed by atoms with Gasteiger partial charge in [0.2, 0.25) is 0 Å². The van der Waals surface area contributed by atoms with Crippen LogP contribution in [0.4, 0.5) is 0 Å². The highest BCUT2D eigenvalue weighted by atomic mass is 35.5. The summed E-state index contributed by atoms with van der Waals surface area (Å²) in [6.07, 6.45) is 1.43. The standard InChI is InChI=1S/C11H12ClN3O/c1-16-9-4-2-3-7(12)11(9)8-5-6-10(13)15-14-8/h2-4H,5-6H2,1H3,(H2,13,15). The van der Waals surface area contributed by atoms with E-state index in [2.05, 4.69) is 10.2 Å². The van der Waals surface area contributed by atoms with Crippen LogP contribution in [0.3, 0.4) is 0 Å². The monoisotopic (exact) mass is 237 g/mol. The highest BCUT2D eigenvalue weighted by Crippen LogP contribution is 2.29. The van der Waals surface area contributed by atoms with Crippen LogP contribution in [0.2, 0.25) is 5.02 Å². The van der Waals surface area contributed by atoms with Gasteiger partial charge in [-0.1, -0.05) is 17.7 Å². The average molecular weight is 238 g/mol. The molecule has 0 bridgehead atoms. The minimum absolute atomic E-state index is 0.551. The number of methoxy groups -OCH3 is 1. The average Bonchev–Trinajstić information content (AvgIpc) is 2.30. The molecule has 1 aliphatic heterocycles. The van der Waals surface area contributed by atoms with Crippen molar-refractivity contribution in [2.24, 2.45) is 15.9 Å². The summed E-state index contributed by atoms with van der Waals surface area (Å²) >= 11 is 6.14. The normalized spacial score (nSPS) is 15.4. The maximum Gasteiger partial charge on any atom is 0.129 e. The SMILES string of the molecule is COc1cccc(Cl)c1C1=NN=C(N)CC1. The Morgan fingerprint density at radius 2 is 2.12 bits per heavy atom. The third-order valence-electron chi connectivity index (χ3n) is 2.40. The maximum atomic E-state index is 6.14. The maximum absolute atomic E-state index is 6.14. The molecule has 16 heavy (non-hydrogen) atoms. The van der Waals surface area contributed by atoms with E-state index in [-0.39, 0.29) is 0 Å². The van der Waals surface area contributed by atoms with Gasteiger partial charge in [-0.05, 0) is 18.6 Å². The van der Waals surface area contributed by atoms with Crippen LogP contribution in [-0.4, -0.2) is 18.7 Å². The van der Waals surface area contributed by atoms with E-state index in [1.807, 2.05) is 18.2 Å². The number of hydrogen-bond acceptors (Lipinski definition) is 4. The predicted octanol–water partition coefficient (Wildman–Crippen LogP) is 2.20. The molecule has 0 aromatic heterocycles. The number of rotatable bonds is 2. The van der Waals surface area contributed by atoms with Gasteiger partial charge in [-0.25, -0.2) is 0 Å². The summed E-state index contributed by atoms with van der Waals surface area (Å²) in [5.74, 6) is 1.26. The minimum Gasteiger partial charge on any atom is -0.496 e. The lowest BCUT2D eigenvalue weighted by Gasteiger charge is -2.14. The first-order valence-electron chi connectivity index (χ1n) is 4.94. The van der Waals surface area contributed by atoms with E-state index >= 15 is 0 Å². The van der Waals surface area contributed by atoms with Crippen LogP contribution in [0.1, 0.15) is 18.4 Å². The van der Waals surface area contributed by atoms with Crippen LogP contribution >= 0.6 is 11.6 Å². The summed E-state index contributed by atoms with van der Waals surface area (Å²) < 4.78 is 5.26. The van der Waals surface area contributed by atoms with Crippen LogP contribution in [0.25, 0.3) is 0 Å². The van der Waals surface area contributed by atoms with Crippen molar-refractivity contribution < 1.29 is 4.74 Å². The van der Waals surface area contributed by atoms with E-state index in [1.165, 1.54) is 0 Å². The van der Waals surface area contributed by atoms with Crippen LogP contribution in [-0.2, 0) is 0 Å². The molecule has 0 radical (unpaired) electrons. The van der Waals surface area contributed by atoms with Gasteiger partial charge in [0.1, 0.15) is 11.6 Å². The zero-order valence-corrected chi connectivity index (χ0v) is 9.66. The lowest BCUT2D eigenvalue weighted by molar-refractivity contribution is 0.414. The molecule has 0 atom stereocenters. The molecule has 1 aromatic carbocycles. The molecule has 0 saturated carbocycles. The second-order valence-corrected chi connectivity index (χ2v) is 3.86. The molecular formula is C11H12ClN3O. The molecule has 1 aliphatic rings. The predicted molar refractivity (Wildman–Crippen MR) is 65.4 cm³/mol. The van der Waals surface area contributed by atoms with E-state index in [4.69, 9.17) is 22.1 Å². The first-order chi connectivity index (χ1) is 7.72. The molecule has 0 unspecified atom stereocenters. The second kappa shape index (κ2) is 4.53. The fourth-order valence-electron chi connectivity index (χ4n) is 1.60. The fraction of sp³-hybridized carbons (Fsp3) is 0.273. The molecule has 1 heterocycles. The molecule has 2 N–H and O–H groups in total. The number of halogens is 1. The van der Waals surface area contributed by atoms with Gasteiger partial charge in [-0.3, -0.25) is 0 Å². The zero-order valence-electron chi connectivity index (χ0n) is 8.90. The fourth-order valence-corrected chi connectivity index (χ4v) is 1.88. The first kappa shape index (κ1) is 11.0. The van der Waals surface area contributed by atoms with Gasteiger partial charge in [0.25, 0.3) is 0 Å². The molecule has 5 heteroatoms. The van der Waals surface area contributed by atoms with Crippen molar-refractivity contribution in [1.82, 2.24) is 0 Å². The number of hydrogen-bond donors (Lipinski definition) is 1. The van der Waals surface area contributed by atoms with Gasteiger partial charge < -0.3 is 10.5 Å². The zero-order chi connectivity index (χ0) is 11.5. The van der Waals surface area contributed by atoms with E-state index in [0.29, 0.717) is 23.0 Å². The first-order valence-corrected chi connectivity index (χ1v) is 5.32. The van der Waals surface area contributed by atoms with E-state index in [1.54, 1.807) is 7.11 Å². The van der Waals surface area contributed by atoms with Gasteiger partial charge >= 0.3 is 0 Å². The Balaban J connectivity index is 2.48. The molecule has 0 spiro atoms. The Morgan fingerprint density at radius 3 is 2.75 bits per heavy atom. The lowest BCUT2D eigenvalue weighted by atomic mass is 10.0. The summed E-state index contributed by atoms with van der Waals surface area (Å²) in [7, 11) is 1.61. The highest BCUT2D eigenvalue weighted by molar-refractivity contribution is 6.34. The Labute approximate surface area is 98.8 Å². The molecule has 1 aromatic rings. The molecule has 2 rings (SSSR count). The van der Waals surface area contributed by atoms with Gasteiger partial charge in [-0.2, -0.15) is 5.10 Å². The number of amidine groups is 1. The topological polar surface area (TPSA) is 60.0 Å². The molecule has 4 nitrogen and oxygen atoms in total. The number of nitrogens with zero attached hydrogens (tertiary/aromatic N) is 2. The van der Waals surface area contributed by atoms with Crippen LogP contribution < -0.4 is 10.5 Å². The summed E-state index contributed by atoms with van der Waals surface area (Å²) in [5.41, 5.74) is 7.19. The van der Waals surface area contributed by atoms with Crippen molar-refractivity contribution in [2.75, 3.05) is 7.11 Å². The summed E-state index contributed by atoms with van der Waals surface area (Å²) in [6, 6.07) is 5.50. The summed E-state index contributed by atoms with van der Waals surface area (Å²) in [6.45, 7) is 0. The van der Waals surface area contributed by atoms with Crippen molar-refractivity contribution >= 4 is 23.1 Å². The third kappa shape index (κ3) is 2.02. The molecule has 0 fully saturated rings. The third-order valence-corrected chi connectivity index (χ3v) is 2.72. The largest absolute Gasteiger partial charge is 0.496 e. The van der Waals surface area contributed by atoms with E-state index in [9.17, 15) is 0 Å². The van der Waals surface area contributed by atoms with Crippen LogP contribution in [0, 0.1) is 0 Å². The van der Waals surface area contributed by atoms with Gasteiger partial charge in [0.15, 0.2) is 0 Å². The molecule has 0 saturated heterocycles. The molecule has 0 amide bonds. The lowest BCUT2D eigenvalue weighted by Crippen LogP contribution is -2.18. The molecular weight excluding hydrogens is 226 g/mol. The highest BCUT2D eigenvalue weighted by Gasteiger charge is 2.17. The van der Waals surface area contributed by atoms with Crippen LogP contribution in [0.5, 0.6) is 5.75 Å². The Kier molecular flexibility index (Phi) is 3.10. The van der Waals surface area contributed by atoms with Crippen molar-refractivity contribution in [3.8, 4) is 5.75 Å². The van der Waals surface area contributed by atoms with Crippen LogP contribution in [0.15, 0.2) is 28.4 Å².